The molecule has 0 bridgehead atoms. The van der Waals surface area contributed by atoms with E-state index in [1.54, 1.807) is 14.2 Å². The summed E-state index contributed by atoms with van der Waals surface area (Å²) in [6.07, 6.45) is 0. The summed E-state index contributed by atoms with van der Waals surface area (Å²) in [5.74, 6) is 1.42. The summed E-state index contributed by atoms with van der Waals surface area (Å²) in [7, 11) is 1.44. The van der Waals surface area contributed by atoms with Gasteiger partial charge in [0.2, 0.25) is 0 Å². The topological polar surface area (TPSA) is 27.7 Å². The van der Waals surface area contributed by atoms with Crippen molar-refractivity contribution in [1.29, 1.82) is 0 Å². The molecule has 5 heteroatoms. The molecule has 1 aromatic carbocycles. The first-order valence-electron chi connectivity index (χ1n) is 7.57. The van der Waals surface area contributed by atoms with Gasteiger partial charge in [-0.25, -0.2) is 0 Å². The smallest absolute Gasteiger partial charge is 0.192 e. The van der Waals surface area contributed by atoms with Gasteiger partial charge in [0.05, 0.1) is 26.2 Å². The molecule has 0 saturated heterocycles. The number of hydrogen-bond donors (Lipinski definition) is 0. The fraction of sp³-hybridized carbons (Fsp3) is 0.647. The highest BCUT2D eigenvalue weighted by Crippen LogP contribution is 2.41. The first-order valence-corrected chi connectivity index (χ1v) is 10.9. The predicted molar refractivity (Wildman–Crippen MR) is 95.8 cm³/mol. The van der Waals surface area contributed by atoms with Gasteiger partial charge in [0.1, 0.15) is 0 Å². The number of benzene rings is 1. The van der Waals surface area contributed by atoms with Crippen LogP contribution in [0.15, 0.2) is 12.1 Å². The number of rotatable bonds is 6. The number of hydrogen-bond acceptors (Lipinski definition) is 3. The molecular formula is C17H29ClO3Si. The largest absolute Gasteiger partial charge is 0.493 e. The second kappa shape index (κ2) is 7.24. The Morgan fingerprint density at radius 2 is 1.73 bits per heavy atom. The van der Waals surface area contributed by atoms with E-state index in [9.17, 15) is 0 Å². The number of alkyl halides is 1. The van der Waals surface area contributed by atoms with E-state index >= 15 is 0 Å². The minimum absolute atomic E-state index is 0.113. The van der Waals surface area contributed by atoms with Crippen LogP contribution >= 0.6 is 11.6 Å². The Hall–Kier alpha value is -0.713. The van der Waals surface area contributed by atoms with Gasteiger partial charge in [-0.3, -0.25) is 0 Å². The first-order chi connectivity index (χ1) is 10.0. The molecule has 0 aromatic heterocycles. The zero-order valence-electron chi connectivity index (χ0n) is 15.0. The summed E-state index contributed by atoms with van der Waals surface area (Å²) in [6.45, 7) is 13.6. The van der Waals surface area contributed by atoms with Crippen molar-refractivity contribution in [3.05, 3.63) is 23.3 Å². The van der Waals surface area contributed by atoms with Crippen molar-refractivity contribution in [3.8, 4) is 11.5 Å². The summed E-state index contributed by atoms with van der Waals surface area (Å²) in [4.78, 5) is 0. The van der Waals surface area contributed by atoms with E-state index < -0.39 is 8.32 Å². The van der Waals surface area contributed by atoms with E-state index in [1.165, 1.54) is 0 Å². The Morgan fingerprint density at radius 3 is 2.14 bits per heavy atom. The molecule has 1 atom stereocenters. The zero-order valence-corrected chi connectivity index (χ0v) is 16.8. The fourth-order valence-corrected chi connectivity index (χ4v) is 3.14. The normalized spacial score (nSPS) is 13.9. The Labute approximate surface area is 141 Å². The van der Waals surface area contributed by atoms with Gasteiger partial charge in [0.25, 0.3) is 0 Å². The fourth-order valence-electron chi connectivity index (χ4n) is 2.00. The molecule has 22 heavy (non-hydrogen) atoms. The van der Waals surface area contributed by atoms with Gasteiger partial charge >= 0.3 is 0 Å². The van der Waals surface area contributed by atoms with Crippen LogP contribution in [-0.4, -0.2) is 22.5 Å². The van der Waals surface area contributed by atoms with Crippen LogP contribution in [0.1, 0.15) is 44.2 Å². The van der Waals surface area contributed by atoms with Crippen LogP contribution < -0.4 is 9.47 Å². The van der Waals surface area contributed by atoms with E-state index in [2.05, 4.69) is 33.9 Å². The van der Waals surface area contributed by atoms with Crippen molar-refractivity contribution in [2.45, 2.75) is 57.8 Å². The molecule has 0 spiro atoms. The maximum Gasteiger partial charge on any atom is 0.192 e. The van der Waals surface area contributed by atoms with Crippen LogP contribution in [0.4, 0.5) is 0 Å². The minimum Gasteiger partial charge on any atom is -0.493 e. The van der Waals surface area contributed by atoms with Gasteiger partial charge in [0.15, 0.2) is 19.8 Å². The molecule has 1 rings (SSSR count). The molecule has 1 aromatic rings. The van der Waals surface area contributed by atoms with Crippen LogP contribution in [0.2, 0.25) is 18.1 Å². The minimum atomic E-state index is -1.85. The number of methoxy groups -OCH3 is 2. The highest BCUT2D eigenvalue weighted by Gasteiger charge is 2.37. The molecule has 0 N–H and O–H groups in total. The van der Waals surface area contributed by atoms with Gasteiger partial charge in [0, 0.05) is 5.56 Å². The van der Waals surface area contributed by atoms with Crippen molar-refractivity contribution in [2.75, 3.05) is 14.2 Å². The third kappa shape index (κ3) is 4.18. The van der Waals surface area contributed by atoms with Gasteiger partial charge < -0.3 is 13.9 Å². The van der Waals surface area contributed by atoms with E-state index in [0.29, 0.717) is 18.1 Å². The van der Waals surface area contributed by atoms with Crippen LogP contribution in [0.25, 0.3) is 0 Å². The summed E-state index contributed by atoms with van der Waals surface area (Å²) in [5.41, 5.74) is 2.01. The lowest BCUT2D eigenvalue weighted by atomic mass is 10.0. The van der Waals surface area contributed by atoms with E-state index in [0.717, 1.165) is 11.1 Å². The molecular weight excluding hydrogens is 316 g/mol. The average Bonchev–Trinajstić information content (AvgIpc) is 2.42. The van der Waals surface area contributed by atoms with Crippen LogP contribution in [0.3, 0.4) is 0 Å². The van der Waals surface area contributed by atoms with Gasteiger partial charge in [-0.15, -0.1) is 11.6 Å². The van der Waals surface area contributed by atoms with E-state index in [4.69, 9.17) is 25.5 Å². The molecule has 0 saturated carbocycles. The van der Waals surface area contributed by atoms with Crippen molar-refractivity contribution in [2.24, 2.45) is 0 Å². The third-order valence-corrected chi connectivity index (χ3v) is 9.21. The Kier molecular flexibility index (Phi) is 6.36. The number of halogens is 1. The maximum atomic E-state index is 6.36. The molecule has 1 unspecified atom stereocenters. The molecule has 0 aliphatic heterocycles. The highest BCUT2D eigenvalue weighted by atomic mass is 35.5. The lowest BCUT2D eigenvalue weighted by Gasteiger charge is -2.36. The Bertz CT molecular complexity index is 507. The van der Waals surface area contributed by atoms with Crippen LogP contribution in [0, 0.1) is 0 Å². The molecule has 0 aliphatic rings. The molecule has 0 aliphatic carbocycles. The van der Waals surface area contributed by atoms with Crippen molar-refractivity contribution in [1.82, 2.24) is 0 Å². The lowest BCUT2D eigenvalue weighted by molar-refractivity contribution is 0.265. The average molecular weight is 345 g/mol. The number of ether oxygens (including phenoxy) is 2. The Morgan fingerprint density at radius 1 is 1.14 bits per heavy atom. The molecule has 3 nitrogen and oxygen atoms in total. The summed E-state index contributed by atoms with van der Waals surface area (Å²) >= 11 is 6.33. The molecule has 0 amide bonds. The van der Waals surface area contributed by atoms with Gasteiger partial charge in [-0.05, 0) is 36.7 Å². The maximum absolute atomic E-state index is 6.36. The molecule has 126 valence electrons. The third-order valence-electron chi connectivity index (χ3n) is 4.50. The SMILES string of the molecule is COc1ccc(C(C)Cl)c(CO[Si](C)(C)C(C)(C)C)c1OC. The monoisotopic (exact) mass is 344 g/mol. The second-order valence-corrected chi connectivity index (χ2v) is 12.5. The molecule has 0 radical (unpaired) electrons. The quantitative estimate of drug-likeness (QED) is 0.502. The summed E-state index contributed by atoms with van der Waals surface area (Å²) < 4.78 is 17.3. The van der Waals surface area contributed by atoms with E-state index in [1.807, 2.05) is 19.1 Å². The molecule has 0 heterocycles. The second-order valence-electron chi connectivity index (χ2n) is 7.03. The Balaban J connectivity index is 3.21. The van der Waals surface area contributed by atoms with Gasteiger partial charge in [-0.2, -0.15) is 0 Å². The van der Waals surface area contributed by atoms with Crippen LogP contribution in [0.5, 0.6) is 11.5 Å². The standard InChI is InChI=1S/C17H29ClO3Si/c1-12(18)13-9-10-15(19-5)16(20-6)14(13)11-21-22(7,8)17(2,3)4/h9-10,12H,11H2,1-8H3. The first kappa shape index (κ1) is 19.3. The van der Waals surface area contributed by atoms with E-state index in [-0.39, 0.29) is 10.4 Å². The van der Waals surface area contributed by atoms with Gasteiger partial charge in [-0.1, -0.05) is 26.8 Å². The summed E-state index contributed by atoms with van der Waals surface area (Å²) in [6, 6.07) is 3.88. The summed E-state index contributed by atoms with van der Waals surface area (Å²) in [5, 5.41) is 0.0454. The predicted octanol–water partition coefficient (Wildman–Crippen LogP) is 5.53. The van der Waals surface area contributed by atoms with Crippen molar-refractivity contribution < 1.29 is 13.9 Å². The zero-order chi connectivity index (χ0) is 17.1. The lowest BCUT2D eigenvalue weighted by Crippen LogP contribution is -2.40. The highest BCUT2D eigenvalue weighted by molar-refractivity contribution is 6.74. The van der Waals surface area contributed by atoms with Crippen LogP contribution in [-0.2, 0) is 11.0 Å². The van der Waals surface area contributed by atoms with Crippen molar-refractivity contribution in [3.63, 3.8) is 0 Å². The molecule has 0 fully saturated rings. The van der Waals surface area contributed by atoms with Crippen molar-refractivity contribution >= 4 is 19.9 Å².